The fraction of sp³-hybridized carbons (Fsp3) is 0.438. The van der Waals surface area contributed by atoms with Gasteiger partial charge in [-0.05, 0) is 38.0 Å². The number of rotatable bonds is 2. The smallest absolute Gasteiger partial charge is 0.254 e. The van der Waals surface area contributed by atoms with E-state index in [-0.39, 0.29) is 22.5 Å². The zero-order chi connectivity index (χ0) is 16.1. The van der Waals surface area contributed by atoms with Crippen molar-refractivity contribution in [2.24, 2.45) is 0 Å². The molecule has 0 radical (unpaired) electrons. The van der Waals surface area contributed by atoms with Crippen LogP contribution in [0.4, 0.5) is 4.39 Å². The monoisotopic (exact) mass is 334 g/mol. The molecule has 1 saturated carbocycles. The summed E-state index contributed by atoms with van der Waals surface area (Å²) in [5, 5.41) is 4.76. The van der Waals surface area contributed by atoms with Gasteiger partial charge in [0.15, 0.2) is 5.82 Å². The Bertz CT molecular complexity index is 766. The normalized spacial score (nSPS) is 20.5. The minimum atomic E-state index is -0.510. The Kier molecular flexibility index (Phi) is 3.37. The first-order chi connectivity index (χ1) is 11.0. The third-order valence-electron chi connectivity index (χ3n) is 4.42. The Labute approximate surface area is 138 Å². The maximum atomic E-state index is 13.5. The lowest BCUT2D eigenvalue weighted by atomic mass is 10.1. The molecule has 1 amide bonds. The summed E-state index contributed by atoms with van der Waals surface area (Å²) in [5.41, 5.74) is 0.261. The number of aromatic nitrogens is 3. The largest absolute Gasteiger partial charge is 0.327 e. The molecule has 1 aromatic heterocycles. The molecule has 0 spiro atoms. The number of amides is 1. The molecule has 120 valence electrons. The van der Waals surface area contributed by atoms with Gasteiger partial charge < -0.3 is 4.90 Å². The van der Waals surface area contributed by atoms with E-state index in [1.807, 2.05) is 11.6 Å². The fourth-order valence-corrected chi connectivity index (χ4v) is 3.24. The minimum Gasteiger partial charge on any atom is -0.327 e. The molecule has 2 heterocycles. The number of hydrogen-bond donors (Lipinski definition) is 0. The molecule has 2 aromatic rings. The first-order valence-electron chi connectivity index (χ1n) is 7.74. The van der Waals surface area contributed by atoms with E-state index in [2.05, 4.69) is 10.1 Å². The van der Waals surface area contributed by atoms with Gasteiger partial charge in [0, 0.05) is 23.0 Å². The average Bonchev–Trinajstić information content (AvgIpc) is 3.26. The number of nitrogens with zero attached hydrogens (tertiary/aromatic N) is 4. The highest BCUT2D eigenvalue weighted by Gasteiger charge is 2.35. The van der Waals surface area contributed by atoms with E-state index in [0.29, 0.717) is 19.0 Å². The summed E-state index contributed by atoms with van der Waals surface area (Å²) in [6.45, 7) is 3.05. The summed E-state index contributed by atoms with van der Waals surface area (Å²) >= 11 is 5.86. The van der Waals surface area contributed by atoms with E-state index in [1.165, 1.54) is 18.2 Å². The SMILES string of the molecule is C[C@@H]1c2nc(C3CC3)nn2CCN1C(=O)c1cc(F)cc(Cl)c1. The highest BCUT2D eigenvalue weighted by atomic mass is 35.5. The van der Waals surface area contributed by atoms with E-state index in [9.17, 15) is 9.18 Å². The number of benzene rings is 1. The molecule has 5 nitrogen and oxygen atoms in total. The lowest BCUT2D eigenvalue weighted by molar-refractivity contribution is 0.0630. The Morgan fingerprint density at radius 3 is 2.78 bits per heavy atom. The molecular formula is C16H16ClFN4O. The topological polar surface area (TPSA) is 51.0 Å². The van der Waals surface area contributed by atoms with Crippen LogP contribution in [0.1, 0.15) is 53.7 Å². The molecule has 1 fully saturated rings. The number of hydrogen-bond acceptors (Lipinski definition) is 3. The van der Waals surface area contributed by atoms with E-state index in [4.69, 9.17) is 11.6 Å². The van der Waals surface area contributed by atoms with Crippen LogP contribution in [0.15, 0.2) is 18.2 Å². The van der Waals surface area contributed by atoms with Gasteiger partial charge in [0.05, 0.1) is 12.6 Å². The lowest BCUT2D eigenvalue weighted by Gasteiger charge is -2.33. The van der Waals surface area contributed by atoms with Crippen LogP contribution in [0.25, 0.3) is 0 Å². The van der Waals surface area contributed by atoms with Crippen LogP contribution in [0.3, 0.4) is 0 Å². The molecule has 1 atom stereocenters. The van der Waals surface area contributed by atoms with Gasteiger partial charge in [-0.3, -0.25) is 4.79 Å². The molecule has 0 saturated heterocycles. The van der Waals surface area contributed by atoms with Crippen molar-refractivity contribution in [1.29, 1.82) is 0 Å². The van der Waals surface area contributed by atoms with E-state index < -0.39 is 5.82 Å². The third-order valence-corrected chi connectivity index (χ3v) is 4.64. The average molecular weight is 335 g/mol. The molecule has 1 aliphatic carbocycles. The quantitative estimate of drug-likeness (QED) is 0.847. The second kappa shape index (κ2) is 5.30. The van der Waals surface area contributed by atoms with Crippen LogP contribution in [-0.2, 0) is 6.54 Å². The number of fused-ring (bicyclic) bond motifs is 1. The standard InChI is InChI=1S/C16H16ClFN4O/c1-9-15-19-14(10-2-3-10)20-22(15)5-4-21(9)16(23)11-6-12(17)8-13(18)7-11/h6-10H,2-5H2,1H3/t9-/m1/s1. The van der Waals surface area contributed by atoms with Gasteiger partial charge in [0.2, 0.25) is 0 Å². The highest BCUT2D eigenvalue weighted by Crippen LogP contribution is 2.39. The molecule has 23 heavy (non-hydrogen) atoms. The van der Waals surface area contributed by atoms with E-state index >= 15 is 0 Å². The number of carbonyl (C=O) groups is 1. The summed E-state index contributed by atoms with van der Waals surface area (Å²) in [4.78, 5) is 19.0. The second-order valence-electron chi connectivity index (χ2n) is 6.16. The van der Waals surface area contributed by atoms with Crippen molar-refractivity contribution >= 4 is 17.5 Å². The van der Waals surface area contributed by atoms with Crippen LogP contribution in [0.5, 0.6) is 0 Å². The molecule has 1 aromatic carbocycles. The Balaban J connectivity index is 1.63. The fourth-order valence-electron chi connectivity index (χ4n) is 3.02. The molecule has 0 N–H and O–H groups in total. The Hall–Kier alpha value is -1.95. The van der Waals surface area contributed by atoms with Crippen LogP contribution in [0, 0.1) is 5.82 Å². The zero-order valence-corrected chi connectivity index (χ0v) is 13.4. The highest BCUT2D eigenvalue weighted by molar-refractivity contribution is 6.31. The molecule has 7 heteroatoms. The first kappa shape index (κ1) is 14.6. The van der Waals surface area contributed by atoms with Crippen molar-refractivity contribution in [3.8, 4) is 0 Å². The zero-order valence-electron chi connectivity index (χ0n) is 12.7. The summed E-state index contributed by atoms with van der Waals surface area (Å²) in [7, 11) is 0. The van der Waals surface area contributed by atoms with Crippen molar-refractivity contribution in [1.82, 2.24) is 19.7 Å². The second-order valence-corrected chi connectivity index (χ2v) is 6.59. The minimum absolute atomic E-state index is 0.196. The van der Waals surface area contributed by atoms with Gasteiger partial charge in [0.25, 0.3) is 5.91 Å². The first-order valence-corrected chi connectivity index (χ1v) is 8.12. The van der Waals surface area contributed by atoms with Gasteiger partial charge >= 0.3 is 0 Å². The van der Waals surface area contributed by atoms with Crippen LogP contribution < -0.4 is 0 Å². The van der Waals surface area contributed by atoms with Crippen molar-refractivity contribution in [3.63, 3.8) is 0 Å². The summed E-state index contributed by atoms with van der Waals surface area (Å²) in [6, 6.07) is 3.71. The lowest BCUT2D eigenvalue weighted by Crippen LogP contribution is -2.41. The van der Waals surface area contributed by atoms with Crippen LogP contribution in [0.2, 0.25) is 5.02 Å². The molecule has 1 aliphatic heterocycles. The predicted molar refractivity (Wildman–Crippen MR) is 82.9 cm³/mol. The number of halogens is 2. The molecule has 0 bridgehead atoms. The van der Waals surface area contributed by atoms with Gasteiger partial charge in [-0.1, -0.05) is 11.6 Å². The maximum Gasteiger partial charge on any atom is 0.254 e. The van der Waals surface area contributed by atoms with Crippen molar-refractivity contribution in [2.75, 3.05) is 6.54 Å². The summed E-state index contributed by atoms with van der Waals surface area (Å²) < 4.78 is 15.4. The van der Waals surface area contributed by atoms with E-state index in [1.54, 1.807) is 4.90 Å². The van der Waals surface area contributed by atoms with Crippen LogP contribution >= 0.6 is 11.6 Å². The van der Waals surface area contributed by atoms with Crippen molar-refractivity contribution in [3.05, 3.63) is 46.3 Å². The van der Waals surface area contributed by atoms with Gasteiger partial charge in [-0.15, -0.1) is 0 Å². The molecule has 2 aliphatic rings. The third kappa shape index (κ3) is 2.61. The summed E-state index contributed by atoms with van der Waals surface area (Å²) in [5.74, 6) is 1.42. The molecule has 4 rings (SSSR count). The predicted octanol–water partition coefficient (Wildman–Crippen LogP) is 3.17. The Morgan fingerprint density at radius 2 is 2.09 bits per heavy atom. The molecular weight excluding hydrogens is 319 g/mol. The van der Waals surface area contributed by atoms with Crippen LogP contribution in [-0.4, -0.2) is 32.1 Å². The van der Waals surface area contributed by atoms with Crippen molar-refractivity contribution < 1.29 is 9.18 Å². The van der Waals surface area contributed by atoms with Gasteiger partial charge in [0.1, 0.15) is 11.6 Å². The Morgan fingerprint density at radius 1 is 1.30 bits per heavy atom. The van der Waals surface area contributed by atoms with Crippen molar-refractivity contribution in [2.45, 2.75) is 38.3 Å². The molecule has 0 unspecified atom stereocenters. The number of carbonyl (C=O) groups excluding carboxylic acids is 1. The van der Waals surface area contributed by atoms with E-state index in [0.717, 1.165) is 24.5 Å². The summed E-state index contributed by atoms with van der Waals surface area (Å²) in [6.07, 6.45) is 2.28. The van der Waals surface area contributed by atoms with Gasteiger partial charge in [-0.25, -0.2) is 14.1 Å². The van der Waals surface area contributed by atoms with Gasteiger partial charge in [-0.2, -0.15) is 5.10 Å². The maximum absolute atomic E-state index is 13.5.